The van der Waals surface area contributed by atoms with Crippen molar-refractivity contribution in [2.75, 3.05) is 4.90 Å². The Labute approximate surface area is 279 Å². The third kappa shape index (κ3) is 4.83. The summed E-state index contributed by atoms with van der Waals surface area (Å²) in [4.78, 5) is 2.40. The molecule has 8 aromatic carbocycles. The number of benzene rings is 8. The molecule has 1 heterocycles. The lowest BCUT2D eigenvalue weighted by atomic mass is 9.96. The molecule has 0 saturated heterocycles. The Kier molecular flexibility index (Phi) is 6.84. The number of nitrogens with zero attached hydrogens (tertiary/aromatic N) is 1. The third-order valence-corrected chi connectivity index (χ3v) is 9.28. The first-order valence-corrected chi connectivity index (χ1v) is 16.4. The van der Waals surface area contributed by atoms with Crippen LogP contribution in [0.1, 0.15) is 0 Å². The van der Waals surface area contributed by atoms with E-state index < -0.39 is 0 Å². The summed E-state index contributed by atoms with van der Waals surface area (Å²) in [5, 5.41) is 4.68. The second-order valence-electron chi connectivity index (χ2n) is 12.1. The lowest BCUT2D eigenvalue weighted by Gasteiger charge is -2.29. The minimum absolute atomic E-state index is 0.865. The molecule has 0 atom stereocenters. The highest BCUT2D eigenvalue weighted by Gasteiger charge is 2.24. The molecule has 0 fully saturated rings. The van der Waals surface area contributed by atoms with Gasteiger partial charge >= 0.3 is 0 Å². The van der Waals surface area contributed by atoms with Crippen LogP contribution in [-0.2, 0) is 0 Å². The lowest BCUT2D eigenvalue weighted by Crippen LogP contribution is -2.11. The second kappa shape index (κ2) is 11.8. The molecule has 0 unspecified atom stereocenters. The van der Waals surface area contributed by atoms with E-state index in [0.29, 0.717) is 0 Å². The molecule has 0 amide bonds. The zero-order chi connectivity index (χ0) is 31.9. The Balaban J connectivity index is 1.29. The number of hydrogen-bond acceptors (Lipinski definition) is 2. The van der Waals surface area contributed by atoms with Crippen LogP contribution in [0.15, 0.2) is 192 Å². The zero-order valence-electron chi connectivity index (χ0n) is 26.3. The maximum absolute atomic E-state index is 6.47. The monoisotopic (exact) mass is 613 g/mol. The second-order valence-corrected chi connectivity index (χ2v) is 12.1. The van der Waals surface area contributed by atoms with Crippen molar-refractivity contribution < 1.29 is 4.42 Å². The van der Waals surface area contributed by atoms with Crippen molar-refractivity contribution in [1.29, 1.82) is 0 Å². The van der Waals surface area contributed by atoms with Crippen molar-refractivity contribution >= 4 is 49.8 Å². The zero-order valence-corrected chi connectivity index (χ0v) is 26.3. The summed E-state index contributed by atoms with van der Waals surface area (Å²) in [6.07, 6.45) is 0. The molecule has 9 aromatic rings. The van der Waals surface area contributed by atoms with Gasteiger partial charge in [-0.25, -0.2) is 0 Å². The average molecular weight is 614 g/mol. The van der Waals surface area contributed by atoms with Gasteiger partial charge in [0.1, 0.15) is 11.2 Å². The number of hydrogen-bond donors (Lipinski definition) is 0. The van der Waals surface area contributed by atoms with Crippen LogP contribution >= 0.6 is 0 Å². The fourth-order valence-electron chi connectivity index (χ4n) is 6.99. The molecule has 48 heavy (non-hydrogen) atoms. The van der Waals surface area contributed by atoms with Gasteiger partial charge in [-0.3, -0.25) is 0 Å². The average Bonchev–Trinajstić information content (AvgIpc) is 3.55. The molecule has 0 aliphatic rings. The van der Waals surface area contributed by atoms with Crippen molar-refractivity contribution in [3.05, 3.63) is 188 Å². The minimum Gasteiger partial charge on any atom is -0.456 e. The van der Waals surface area contributed by atoms with Crippen LogP contribution in [0.4, 0.5) is 17.1 Å². The normalized spacial score (nSPS) is 11.3. The van der Waals surface area contributed by atoms with E-state index in [1.165, 1.54) is 33.0 Å². The van der Waals surface area contributed by atoms with Crippen LogP contribution in [0.5, 0.6) is 0 Å². The van der Waals surface area contributed by atoms with Crippen LogP contribution in [0, 0.1) is 0 Å². The highest BCUT2D eigenvalue weighted by Crippen LogP contribution is 2.48. The number of fused-ring (bicyclic) bond motifs is 4. The van der Waals surface area contributed by atoms with E-state index in [0.717, 1.165) is 50.1 Å². The first-order chi connectivity index (χ1) is 23.8. The van der Waals surface area contributed by atoms with E-state index >= 15 is 0 Å². The van der Waals surface area contributed by atoms with Crippen molar-refractivity contribution in [3.63, 3.8) is 0 Å². The first-order valence-electron chi connectivity index (χ1n) is 16.4. The third-order valence-electron chi connectivity index (χ3n) is 9.28. The molecule has 0 N–H and O–H groups in total. The van der Waals surface area contributed by atoms with Gasteiger partial charge in [-0.1, -0.05) is 146 Å². The first kappa shape index (κ1) is 27.9. The summed E-state index contributed by atoms with van der Waals surface area (Å²) in [6, 6.07) is 66.9. The van der Waals surface area contributed by atoms with Gasteiger partial charge < -0.3 is 9.32 Å². The lowest BCUT2D eigenvalue weighted by molar-refractivity contribution is 0.669. The van der Waals surface area contributed by atoms with Gasteiger partial charge in [-0.15, -0.1) is 0 Å². The quantitative estimate of drug-likeness (QED) is 0.185. The Morgan fingerprint density at radius 1 is 0.333 bits per heavy atom. The van der Waals surface area contributed by atoms with Crippen molar-refractivity contribution in [2.45, 2.75) is 0 Å². The predicted molar refractivity (Wildman–Crippen MR) is 202 cm³/mol. The largest absolute Gasteiger partial charge is 0.456 e. The summed E-state index contributed by atoms with van der Waals surface area (Å²) in [5.41, 5.74) is 12.1. The number of para-hydroxylation sites is 1. The summed E-state index contributed by atoms with van der Waals surface area (Å²) in [7, 11) is 0. The van der Waals surface area contributed by atoms with Crippen LogP contribution in [0.3, 0.4) is 0 Å². The molecule has 2 heteroatoms. The summed E-state index contributed by atoms with van der Waals surface area (Å²) in [6.45, 7) is 0. The summed E-state index contributed by atoms with van der Waals surface area (Å²) >= 11 is 0. The van der Waals surface area contributed by atoms with Crippen molar-refractivity contribution in [3.8, 4) is 33.4 Å². The molecule has 0 spiro atoms. The Bertz CT molecular complexity index is 2530. The SMILES string of the molecule is c1ccc(-c2ccc(N(c3ccc(-c4cccc5ccccc45)cc3)c3c(-c4ccccc4)ccc4oc5ccccc5c34)cc2)cc1. The van der Waals surface area contributed by atoms with Gasteiger partial charge in [0.15, 0.2) is 0 Å². The highest BCUT2D eigenvalue weighted by atomic mass is 16.3. The van der Waals surface area contributed by atoms with Gasteiger partial charge in [0.05, 0.1) is 11.1 Å². The predicted octanol–water partition coefficient (Wildman–Crippen LogP) is 13.2. The molecule has 9 rings (SSSR count). The smallest absolute Gasteiger partial charge is 0.137 e. The number of rotatable bonds is 6. The summed E-state index contributed by atoms with van der Waals surface area (Å²) < 4.78 is 6.47. The fourth-order valence-corrected chi connectivity index (χ4v) is 6.99. The maximum atomic E-state index is 6.47. The van der Waals surface area contributed by atoms with Crippen LogP contribution in [0.25, 0.3) is 66.1 Å². The van der Waals surface area contributed by atoms with Crippen molar-refractivity contribution in [2.24, 2.45) is 0 Å². The molecular weight excluding hydrogens is 583 g/mol. The van der Waals surface area contributed by atoms with Gasteiger partial charge in [0.25, 0.3) is 0 Å². The van der Waals surface area contributed by atoms with Crippen LogP contribution < -0.4 is 4.90 Å². The molecule has 2 nitrogen and oxygen atoms in total. The van der Waals surface area contributed by atoms with Crippen LogP contribution in [0.2, 0.25) is 0 Å². The molecule has 1 aromatic heterocycles. The molecule has 226 valence electrons. The van der Waals surface area contributed by atoms with Crippen LogP contribution in [-0.4, -0.2) is 0 Å². The molecular formula is C46H31NO. The van der Waals surface area contributed by atoms with Gasteiger partial charge in [-0.05, 0) is 81.1 Å². The Hall–Kier alpha value is -6.38. The number of furan rings is 1. The number of anilines is 3. The van der Waals surface area contributed by atoms with E-state index in [1.54, 1.807) is 0 Å². The van der Waals surface area contributed by atoms with Gasteiger partial charge in [0.2, 0.25) is 0 Å². The minimum atomic E-state index is 0.865. The topological polar surface area (TPSA) is 16.4 Å². The van der Waals surface area contributed by atoms with Crippen molar-refractivity contribution in [1.82, 2.24) is 0 Å². The van der Waals surface area contributed by atoms with E-state index in [9.17, 15) is 0 Å². The van der Waals surface area contributed by atoms with E-state index in [2.05, 4.69) is 187 Å². The molecule has 0 aliphatic carbocycles. The standard InChI is InChI=1S/C46H31NO/c1-3-12-32(13-4-1)33-22-26-37(27-23-33)47(38-28-24-36(25-29-38)40-20-11-17-34-16-7-8-18-39(34)40)46-41(35-14-5-2-6-15-35)30-31-44-45(46)42-19-9-10-21-43(42)48-44/h1-31H. The Morgan fingerprint density at radius 3 is 1.60 bits per heavy atom. The fraction of sp³-hybridized carbons (Fsp3) is 0. The molecule has 0 aliphatic heterocycles. The maximum Gasteiger partial charge on any atom is 0.137 e. The highest BCUT2D eigenvalue weighted by molar-refractivity contribution is 6.17. The molecule has 0 radical (unpaired) electrons. The summed E-state index contributed by atoms with van der Waals surface area (Å²) in [5.74, 6) is 0. The molecule has 0 saturated carbocycles. The Morgan fingerprint density at radius 2 is 0.875 bits per heavy atom. The van der Waals surface area contributed by atoms with E-state index in [-0.39, 0.29) is 0 Å². The van der Waals surface area contributed by atoms with Gasteiger partial charge in [-0.2, -0.15) is 0 Å². The molecule has 0 bridgehead atoms. The van der Waals surface area contributed by atoms with Gasteiger partial charge in [0, 0.05) is 22.3 Å². The van der Waals surface area contributed by atoms with E-state index in [1.807, 2.05) is 6.07 Å². The van der Waals surface area contributed by atoms with E-state index in [4.69, 9.17) is 4.42 Å².